The molecule has 0 aliphatic carbocycles. The standard InChI is InChI=1S/C24H31N3O2/c1-18(2)23(19-10-5-3-6-11-19)26-22(28)17-27-15-9-12-20(16-27)24(29)25-21-13-7-4-8-14-21/h3-8,10-11,13-14,18,20,23H,9,12,15-17H2,1-2H3,(H,25,29)(H,26,28)/t20-,23+/m0/s1. The second kappa shape index (κ2) is 10.2. The molecular formula is C24H31N3O2. The normalized spacial score (nSPS) is 18.2. The second-order valence-electron chi connectivity index (χ2n) is 8.13. The minimum atomic E-state index is -0.0909. The van der Waals surface area contributed by atoms with Crippen LogP contribution in [0.2, 0.25) is 0 Å². The number of amides is 2. The SMILES string of the molecule is CC(C)[C@@H](NC(=O)CN1CCC[C@H](C(=O)Nc2ccccc2)C1)c1ccccc1. The summed E-state index contributed by atoms with van der Waals surface area (Å²) in [5, 5.41) is 6.17. The van der Waals surface area contributed by atoms with E-state index in [1.54, 1.807) is 0 Å². The van der Waals surface area contributed by atoms with Gasteiger partial charge in [-0.15, -0.1) is 0 Å². The first kappa shape index (κ1) is 21.1. The Labute approximate surface area is 173 Å². The van der Waals surface area contributed by atoms with Gasteiger partial charge in [-0.05, 0) is 43.0 Å². The fourth-order valence-electron chi connectivity index (χ4n) is 3.90. The van der Waals surface area contributed by atoms with E-state index in [4.69, 9.17) is 0 Å². The molecule has 5 heteroatoms. The number of rotatable bonds is 7. The number of nitrogens with zero attached hydrogens (tertiary/aromatic N) is 1. The lowest BCUT2D eigenvalue weighted by molar-refractivity contribution is -0.126. The summed E-state index contributed by atoms with van der Waals surface area (Å²) in [5.74, 6) is 0.251. The maximum atomic E-state index is 12.7. The molecule has 1 fully saturated rings. The number of nitrogens with one attached hydrogen (secondary N) is 2. The van der Waals surface area contributed by atoms with Crippen molar-refractivity contribution in [1.82, 2.24) is 10.2 Å². The lowest BCUT2D eigenvalue weighted by atomic mass is 9.95. The Morgan fingerprint density at radius 1 is 1.03 bits per heavy atom. The highest BCUT2D eigenvalue weighted by Crippen LogP contribution is 2.22. The van der Waals surface area contributed by atoms with Crippen LogP contribution in [0.25, 0.3) is 0 Å². The number of hydrogen-bond acceptors (Lipinski definition) is 3. The van der Waals surface area contributed by atoms with Gasteiger partial charge in [-0.3, -0.25) is 14.5 Å². The third kappa shape index (κ3) is 6.16. The van der Waals surface area contributed by atoms with E-state index in [1.807, 2.05) is 48.5 Å². The summed E-state index contributed by atoms with van der Waals surface area (Å²) >= 11 is 0. The van der Waals surface area contributed by atoms with Crippen LogP contribution >= 0.6 is 0 Å². The topological polar surface area (TPSA) is 61.4 Å². The van der Waals surface area contributed by atoms with E-state index in [-0.39, 0.29) is 23.8 Å². The van der Waals surface area contributed by atoms with E-state index in [0.717, 1.165) is 30.6 Å². The molecule has 0 saturated carbocycles. The molecule has 5 nitrogen and oxygen atoms in total. The maximum Gasteiger partial charge on any atom is 0.234 e. The van der Waals surface area contributed by atoms with E-state index in [9.17, 15) is 9.59 Å². The molecule has 154 valence electrons. The van der Waals surface area contributed by atoms with Crippen molar-refractivity contribution >= 4 is 17.5 Å². The smallest absolute Gasteiger partial charge is 0.234 e. The average Bonchev–Trinajstić information content (AvgIpc) is 2.73. The van der Waals surface area contributed by atoms with Crippen LogP contribution in [0.3, 0.4) is 0 Å². The van der Waals surface area contributed by atoms with Crippen molar-refractivity contribution in [2.45, 2.75) is 32.7 Å². The number of piperidine rings is 1. The molecule has 2 aromatic rings. The highest BCUT2D eigenvalue weighted by molar-refractivity contribution is 5.92. The first-order valence-electron chi connectivity index (χ1n) is 10.5. The Kier molecular flexibility index (Phi) is 7.42. The van der Waals surface area contributed by atoms with Crippen molar-refractivity contribution in [2.75, 3.05) is 25.0 Å². The Hall–Kier alpha value is -2.66. The molecule has 0 radical (unpaired) electrons. The van der Waals surface area contributed by atoms with Gasteiger partial charge in [0.25, 0.3) is 0 Å². The zero-order chi connectivity index (χ0) is 20.6. The largest absolute Gasteiger partial charge is 0.348 e. The molecule has 29 heavy (non-hydrogen) atoms. The van der Waals surface area contributed by atoms with E-state index in [1.165, 1.54) is 0 Å². The van der Waals surface area contributed by atoms with Crippen molar-refractivity contribution in [3.05, 3.63) is 66.2 Å². The molecule has 2 atom stereocenters. The molecule has 0 unspecified atom stereocenters. The van der Waals surface area contributed by atoms with E-state index in [2.05, 4.69) is 41.5 Å². The maximum absolute atomic E-state index is 12.7. The summed E-state index contributed by atoms with van der Waals surface area (Å²) in [4.78, 5) is 27.4. The number of para-hydroxylation sites is 1. The van der Waals surface area contributed by atoms with Gasteiger partial charge < -0.3 is 10.6 Å². The zero-order valence-electron chi connectivity index (χ0n) is 17.3. The van der Waals surface area contributed by atoms with Crippen LogP contribution in [0.5, 0.6) is 0 Å². The number of carbonyl (C=O) groups excluding carboxylic acids is 2. The molecule has 0 spiro atoms. The van der Waals surface area contributed by atoms with Crippen LogP contribution in [0.15, 0.2) is 60.7 Å². The van der Waals surface area contributed by atoms with Crippen LogP contribution < -0.4 is 10.6 Å². The van der Waals surface area contributed by atoms with Gasteiger partial charge >= 0.3 is 0 Å². The van der Waals surface area contributed by atoms with Crippen LogP contribution in [0, 0.1) is 11.8 Å². The fraction of sp³-hybridized carbons (Fsp3) is 0.417. The van der Waals surface area contributed by atoms with E-state index in [0.29, 0.717) is 19.0 Å². The molecule has 2 aromatic carbocycles. The first-order valence-corrected chi connectivity index (χ1v) is 10.5. The highest BCUT2D eigenvalue weighted by atomic mass is 16.2. The molecule has 0 bridgehead atoms. The van der Waals surface area contributed by atoms with Crippen molar-refractivity contribution in [3.63, 3.8) is 0 Å². The lowest BCUT2D eigenvalue weighted by Crippen LogP contribution is -2.46. The van der Waals surface area contributed by atoms with Crippen LogP contribution in [-0.4, -0.2) is 36.3 Å². The Morgan fingerprint density at radius 2 is 1.69 bits per heavy atom. The molecule has 1 heterocycles. The Balaban J connectivity index is 1.54. The Bertz CT molecular complexity index is 792. The number of benzene rings is 2. The predicted molar refractivity (Wildman–Crippen MR) is 116 cm³/mol. The van der Waals surface area contributed by atoms with Gasteiger partial charge in [0.2, 0.25) is 11.8 Å². The number of carbonyl (C=O) groups is 2. The molecule has 2 N–H and O–H groups in total. The van der Waals surface area contributed by atoms with Crippen LogP contribution in [0.1, 0.15) is 38.3 Å². The quantitative estimate of drug-likeness (QED) is 0.751. The molecule has 3 rings (SSSR count). The molecule has 1 saturated heterocycles. The summed E-state index contributed by atoms with van der Waals surface area (Å²) in [6.45, 7) is 6.01. The number of anilines is 1. The van der Waals surface area contributed by atoms with Crippen molar-refractivity contribution in [3.8, 4) is 0 Å². The third-order valence-corrected chi connectivity index (χ3v) is 5.43. The van der Waals surface area contributed by atoms with Crippen molar-refractivity contribution < 1.29 is 9.59 Å². The van der Waals surface area contributed by atoms with Crippen molar-refractivity contribution in [1.29, 1.82) is 0 Å². The third-order valence-electron chi connectivity index (χ3n) is 5.43. The predicted octanol–water partition coefficient (Wildman–Crippen LogP) is 3.85. The monoisotopic (exact) mass is 393 g/mol. The minimum Gasteiger partial charge on any atom is -0.348 e. The van der Waals surface area contributed by atoms with Crippen LogP contribution in [0.4, 0.5) is 5.69 Å². The molecule has 2 amide bonds. The molecule has 0 aromatic heterocycles. The first-order chi connectivity index (χ1) is 14.0. The van der Waals surface area contributed by atoms with Gasteiger partial charge in [-0.25, -0.2) is 0 Å². The lowest BCUT2D eigenvalue weighted by Gasteiger charge is -2.32. The van der Waals surface area contributed by atoms with Gasteiger partial charge in [-0.2, -0.15) is 0 Å². The second-order valence-corrected chi connectivity index (χ2v) is 8.13. The summed E-state index contributed by atoms with van der Waals surface area (Å²) < 4.78 is 0. The molecule has 1 aliphatic rings. The summed E-state index contributed by atoms with van der Waals surface area (Å²) in [6, 6.07) is 19.6. The summed E-state index contributed by atoms with van der Waals surface area (Å²) in [7, 11) is 0. The minimum absolute atomic E-state index is 0.00864. The summed E-state index contributed by atoms with van der Waals surface area (Å²) in [6.07, 6.45) is 1.78. The van der Waals surface area contributed by atoms with Gasteiger partial charge in [0, 0.05) is 12.2 Å². The van der Waals surface area contributed by atoms with E-state index < -0.39 is 0 Å². The van der Waals surface area contributed by atoms with E-state index >= 15 is 0 Å². The number of likely N-dealkylation sites (tertiary alicyclic amines) is 1. The van der Waals surface area contributed by atoms with Crippen LogP contribution in [-0.2, 0) is 9.59 Å². The average molecular weight is 394 g/mol. The van der Waals surface area contributed by atoms with Gasteiger partial charge in [0.15, 0.2) is 0 Å². The molecule has 1 aliphatic heterocycles. The van der Waals surface area contributed by atoms with Crippen molar-refractivity contribution in [2.24, 2.45) is 11.8 Å². The van der Waals surface area contributed by atoms with Gasteiger partial charge in [0.1, 0.15) is 0 Å². The fourth-order valence-corrected chi connectivity index (χ4v) is 3.90. The van der Waals surface area contributed by atoms with Gasteiger partial charge in [0.05, 0.1) is 18.5 Å². The zero-order valence-corrected chi connectivity index (χ0v) is 17.3. The number of hydrogen-bond donors (Lipinski definition) is 2. The summed E-state index contributed by atoms with van der Waals surface area (Å²) in [5.41, 5.74) is 1.93. The highest BCUT2D eigenvalue weighted by Gasteiger charge is 2.27. The van der Waals surface area contributed by atoms with Gasteiger partial charge in [-0.1, -0.05) is 62.4 Å². The molecular weight excluding hydrogens is 362 g/mol. The Morgan fingerprint density at radius 3 is 2.34 bits per heavy atom.